The molecule has 5 heteroatoms. The van der Waals surface area contributed by atoms with Gasteiger partial charge in [0.15, 0.2) is 0 Å². The van der Waals surface area contributed by atoms with Crippen LogP contribution in [0, 0.1) is 0 Å². The number of rotatable bonds is 6. The summed E-state index contributed by atoms with van der Waals surface area (Å²) in [6.07, 6.45) is 0.915. The molecule has 0 radical (unpaired) electrons. The molecule has 0 N–H and O–H groups in total. The molecule has 20 heavy (non-hydrogen) atoms. The quantitative estimate of drug-likeness (QED) is 0.556. The second kappa shape index (κ2) is 6.41. The van der Waals surface area contributed by atoms with Crippen LogP contribution >= 0.6 is 15.9 Å². The van der Waals surface area contributed by atoms with Crippen molar-refractivity contribution in [1.82, 2.24) is 9.55 Å². The van der Waals surface area contributed by atoms with E-state index in [0.29, 0.717) is 6.73 Å². The summed E-state index contributed by atoms with van der Waals surface area (Å²) in [4.78, 5) is 4.70. The zero-order valence-corrected chi connectivity index (χ0v) is 15.3. The van der Waals surface area contributed by atoms with Crippen molar-refractivity contribution < 1.29 is 4.74 Å². The normalized spacial score (nSPS) is 12.2. The van der Waals surface area contributed by atoms with E-state index >= 15 is 0 Å². The molecule has 1 heterocycles. The molecule has 3 nitrogen and oxygen atoms in total. The number of halogens is 1. The molecule has 0 bridgehead atoms. The molecule has 0 aliphatic rings. The van der Waals surface area contributed by atoms with E-state index in [0.717, 1.165) is 34.4 Å². The summed E-state index contributed by atoms with van der Waals surface area (Å²) < 4.78 is 9.12. The lowest BCUT2D eigenvalue weighted by Crippen LogP contribution is -2.22. The number of nitrogens with zero attached hydrogens (tertiary/aromatic N) is 2. The van der Waals surface area contributed by atoms with Gasteiger partial charge >= 0.3 is 0 Å². The van der Waals surface area contributed by atoms with Crippen molar-refractivity contribution in [2.45, 2.75) is 45.8 Å². The monoisotopic (exact) mass is 354 g/mol. The van der Waals surface area contributed by atoms with Gasteiger partial charge in [-0.3, -0.25) is 0 Å². The number of imidazole rings is 1. The Morgan fingerprint density at radius 3 is 2.70 bits per heavy atom. The maximum atomic E-state index is 5.89. The number of ether oxygens (including phenoxy) is 1. The topological polar surface area (TPSA) is 27.1 Å². The number of para-hydroxylation sites is 1. The fourth-order valence-corrected chi connectivity index (χ4v) is 3.31. The molecule has 1 aromatic carbocycles. The van der Waals surface area contributed by atoms with Crippen LogP contribution in [0.1, 0.15) is 12.7 Å². The Labute approximate surface area is 130 Å². The van der Waals surface area contributed by atoms with Crippen molar-refractivity contribution in [2.24, 2.45) is 0 Å². The fourth-order valence-electron chi connectivity index (χ4n) is 2.11. The lowest BCUT2D eigenvalue weighted by atomic mass is 10.3. The summed E-state index contributed by atoms with van der Waals surface area (Å²) in [7, 11) is -1.02. The van der Waals surface area contributed by atoms with E-state index in [1.54, 1.807) is 0 Å². The van der Waals surface area contributed by atoms with Crippen LogP contribution in [0.25, 0.3) is 11.0 Å². The van der Waals surface area contributed by atoms with Crippen LogP contribution in [0.5, 0.6) is 0 Å². The third-order valence-corrected chi connectivity index (χ3v) is 5.69. The predicted molar refractivity (Wildman–Crippen MR) is 90.9 cm³/mol. The molecule has 0 unspecified atom stereocenters. The van der Waals surface area contributed by atoms with Gasteiger partial charge in [-0.1, -0.05) is 32.6 Å². The molecular weight excluding hydrogens is 332 g/mol. The molecule has 110 valence electrons. The van der Waals surface area contributed by atoms with Crippen LogP contribution in [0.2, 0.25) is 25.7 Å². The fraction of sp³-hybridized carbons (Fsp3) is 0.533. The Balaban J connectivity index is 2.14. The highest BCUT2D eigenvalue weighted by Crippen LogP contribution is 2.24. The number of hydrogen-bond acceptors (Lipinski definition) is 2. The van der Waals surface area contributed by atoms with E-state index in [9.17, 15) is 0 Å². The molecule has 0 spiro atoms. The number of benzene rings is 1. The van der Waals surface area contributed by atoms with Crippen molar-refractivity contribution in [3.63, 3.8) is 0 Å². The zero-order valence-electron chi connectivity index (χ0n) is 12.7. The Bertz CT molecular complexity index is 589. The summed E-state index contributed by atoms with van der Waals surface area (Å²) in [5.41, 5.74) is 2.17. The molecule has 1 aromatic heterocycles. The maximum Gasteiger partial charge on any atom is 0.124 e. The molecule has 0 fully saturated rings. The SMILES string of the molecule is CCc1nc2c(Br)cccc2n1COCC[Si](C)(C)C. The van der Waals surface area contributed by atoms with Crippen molar-refractivity contribution in [2.75, 3.05) is 6.61 Å². The van der Waals surface area contributed by atoms with Gasteiger partial charge in [0, 0.05) is 25.6 Å². The molecule has 0 atom stereocenters. The highest BCUT2D eigenvalue weighted by Gasteiger charge is 2.14. The minimum atomic E-state index is -1.02. The van der Waals surface area contributed by atoms with Crippen LogP contribution in [0.15, 0.2) is 22.7 Å². The summed E-state index contributed by atoms with van der Waals surface area (Å²) in [5, 5.41) is 0. The first kappa shape index (κ1) is 15.7. The molecule has 0 aliphatic carbocycles. The number of fused-ring (bicyclic) bond motifs is 1. The van der Waals surface area contributed by atoms with Gasteiger partial charge in [0.25, 0.3) is 0 Å². The maximum absolute atomic E-state index is 5.89. The Hall–Kier alpha value is -0.653. The Morgan fingerprint density at radius 1 is 1.30 bits per heavy atom. The molecule has 2 rings (SSSR count). The van der Waals surface area contributed by atoms with Gasteiger partial charge in [0.1, 0.15) is 18.1 Å². The van der Waals surface area contributed by atoms with E-state index in [1.165, 1.54) is 6.04 Å². The van der Waals surface area contributed by atoms with Gasteiger partial charge in [-0.25, -0.2) is 4.98 Å². The van der Waals surface area contributed by atoms with Crippen LogP contribution < -0.4 is 0 Å². The van der Waals surface area contributed by atoms with Gasteiger partial charge in [-0.15, -0.1) is 0 Å². The molecular formula is C15H23BrN2OSi. The zero-order chi connectivity index (χ0) is 14.8. The van der Waals surface area contributed by atoms with Crippen LogP contribution in [-0.2, 0) is 17.9 Å². The summed E-state index contributed by atoms with van der Waals surface area (Å²) in [6.45, 7) is 10.7. The highest BCUT2D eigenvalue weighted by atomic mass is 79.9. The van der Waals surface area contributed by atoms with Crippen molar-refractivity contribution in [3.8, 4) is 0 Å². The van der Waals surface area contributed by atoms with Gasteiger partial charge in [0.2, 0.25) is 0 Å². The number of hydrogen-bond donors (Lipinski definition) is 0. The van der Waals surface area contributed by atoms with Gasteiger partial charge in [-0.05, 0) is 34.1 Å². The average Bonchev–Trinajstić information content (AvgIpc) is 2.73. The largest absolute Gasteiger partial charge is 0.361 e. The van der Waals surface area contributed by atoms with Gasteiger partial charge in [-0.2, -0.15) is 0 Å². The first-order valence-electron chi connectivity index (χ1n) is 7.14. The third kappa shape index (κ3) is 3.71. The van der Waals surface area contributed by atoms with Crippen molar-refractivity contribution >= 4 is 35.0 Å². The second-order valence-corrected chi connectivity index (χ2v) is 12.7. The van der Waals surface area contributed by atoms with Gasteiger partial charge in [0.05, 0.1) is 5.52 Å². The van der Waals surface area contributed by atoms with E-state index in [4.69, 9.17) is 9.72 Å². The predicted octanol–water partition coefficient (Wildman–Crippen LogP) is 4.67. The first-order valence-corrected chi connectivity index (χ1v) is 11.6. The lowest BCUT2D eigenvalue weighted by Gasteiger charge is -2.16. The molecule has 0 amide bonds. The molecule has 0 saturated carbocycles. The van der Waals surface area contributed by atoms with E-state index < -0.39 is 8.07 Å². The smallest absolute Gasteiger partial charge is 0.124 e. The summed E-state index contributed by atoms with van der Waals surface area (Å²) in [5.74, 6) is 1.08. The lowest BCUT2D eigenvalue weighted by molar-refractivity contribution is 0.0880. The van der Waals surface area contributed by atoms with Crippen molar-refractivity contribution in [3.05, 3.63) is 28.5 Å². The Morgan fingerprint density at radius 2 is 2.05 bits per heavy atom. The number of aromatic nitrogens is 2. The number of aryl methyl sites for hydroxylation is 1. The molecule has 0 saturated heterocycles. The van der Waals surface area contributed by atoms with Crippen LogP contribution in [-0.4, -0.2) is 24.2 Å². The van der Waals surface area contributed by atoms with E-state index in [1.807, 2.05) is 12.1 Å². The van der Waals surface area contributed by atoms with E-state index in [2.05, 4.69) is 53.1 Å². The first-order chi connectivity index (χ1) is 9.42. The summed E-state index contributed by atoms with van der Waals surface area (Å²) in [6, 6.07) is 7.39. The molecule has 2 aromatic rings. The third-order valence-electron chi connectivity index (χ3n) is 3.34. The van der Waals surface area contributed by atoms with Crippen LogP contribution in [0.4, 0.5) is 0 Å². The Kier molecular flexibility index (Phi) is 5.04. The molecule has 0 aliphatic heterocycles. The second-order valence-electron chi connectivity index (χ2n) is 6.27. The minimum absolute atomic E-state index is 0.598. The van der Waals surface area contributed by atoms with Crippen molar-refractivity contribution in [1.29, 1.82) is 0 Å². The van der Waals surface area contributed by atoms with Crippen LogP contribution in [0.3, 0.4) is 0 Å². The minimum Gasteiger partial charge on any atom is -0.361 e. The highest BCUT2D eigenvalue weighted by molar-refractivity contribution is 9.10. The average molecular weight is 355 g/mol. The van der Waals surface area contributed by atoms with E-state index in [-0.39, 0.29) is 0 Å². The van der Waals surface area contributed by atoms with Gasteiger partial charge < -0.3 is 9.30 Å². The summed E-state index contributed by atoms with van der Waals surface area (Å²) >= 11 is 3.57. The standard InChI is InChI=1S/C15H23BrN2OSi/c1-5-14-17-15-12(16)7-6-8-13(15)18(14)11-19-9-10-20(2,3)4/h6-8H,5,9-11H2,1-4H3.